The van der Waals surface area contributed by atoms with Crippen molar-refractivity contribution in [3.05, 3.63) is 35.4 Å². The van der Waals surface area contributed by atoms with Gasteiger partial charge in [0, 0.05) is 0 Å². The van der Waals surface area contributed by atoms with E-state index in [0.717, 1.165) is 23.1 Å². The number of carbonyl (C=O) groups is 1. The van der Waals surface area contributed by atoms with Gasteiger partial charge >= 0.3 is 0 Å². The summed E-state index contributed by atoms with van der Waals surface area (Å²) in [6, 6.07) is 7.38. The molecule has 1 aromatic carbocycles. The second kappa shape index (κ2) is 6.91. The first kappa shape index (κ1) is 14.4. The van der Waals surface area contributed by atoms with E-state index >= 15 is 0 Å². The standard InChI is InChI=1S/C14H20N2O2/c1-10(2)18-16-11(3)13-6-4-12(5-7-13)8-14(15)9-17/h4-7,9-10,14H,8,15H2,1-3H3/b16-11-. The number of benzene rings is 1. The van der Waals surface area contributed by atoms with Gasteiger partial charge in [0.1, 0.15) is 12.4 Å². The van der Waals surface area contributed by atoms with Gasteiger partial charge in [0.2, 0.25) is 0 Å². The van der Waals surface area contributed by atoms with Gasteiger partial charge < -0.3 is 15.4 Å². The van der Waals surface area contributed by atoms with Crippen molar-refractivity contribution < 1.29 is 9.63 Å². The summed E-state index contributed by atoms with van der Waals surface area (Å²) < 4.78 is 0. The molecule has 0 fully saturated rings. The summed E-state index contributed by atoms with van der Waals surface area (Å²) in [6.07, 6.45) is 1.39. The Bertz CT molecular complexity index is 410. The molecule has 2 N–H and O–H groups in total. The third-order valence-electron chi connectivity index (χ3n) is 2.42. The van der Waals surface area contributed by atoms with E-state index in [1.807, 2.05) is 45.0 Å². The Hall–Kier alpha value is -1.68. The van der Waals surface area contributed by atoms with Crippen LogP contribution in [0, 0.1) is 0 Å². The molecule has 1 aromatic rings. The first-order valence-corrected chi connectivity index (χ1v) is 6.03. The molecule has 0 aliphatic rings. The van der Waals surface area contributed by atoms with Crippen LogP contribution in [0.2, 0.25) is 0 Å². The molecule has 1 atom stereocenters. The van der Waals surface area contributed by atoms with Crippen molar-refractivity contribution >= 4 is 12.0 Å². The van der Waals surface area contributed by atoms with E-state index in [1.54, 1.807) is 0 Å². The van der Waals surface area contributed by atoms with E-state index in [4.69, 9.17) is 10.6 Å². The minimum absolute atomic E-state index is 0.0739. The van der Waals surface area contributed by atoms with Gasteiger partial charge in [0.25, 0.3) is 0 Å². The molecule has 98 valence electrons. The quantitative estimate of drug-likeness (QED) is 0.475. The Morgan fingerprint density at radius 1 is 1.39 bits per heavy atom. The minimum atomic E-state index is -0.435. The van der Waals surface area contributed by atoms with E-state index in [0.29, 0.717) is 6.42 Å². The van der Waals surface area contributed by atoms with Crippen molar-refractivity contribution in [3.8, 4) is 0 Å². The molecule has 0 aliphatic carbocycles. The summed E-state index contributed by atoms with van der Waals surface area (Å²) in [4.78, 5) is 15.7. The van der Waals surface area contributed by atoms with Crippen molar-refractivity contribution in [2.24, 2.45) is 10.9 Å². The number of oxime groups is 1. The van der Waals surface area contributed by atoms with Gasteiger partial charge in [-0.25, -0.2) is 0 Å². The zero-order valence-corrected chi connectivity index (χ0v) is 11.1. The molecule has 0 spiro atoms. The van der Waals surface area contributed by atoms with Gasteiger partial charge in [-0.05, 0) is 38.3 Å². The normalized spacial score (nSPS) is 13.5. The molecule has 1 rings (SSSR count). The summed E-state index contributed by atoms with van der Waals surface area (Å²) in [5.74, 6) is 0. The van der Waals surface area contributed by atoms with Crippen LogP contribution in [0.4, 0.5) is 0 Å². The largest absolute Gasteiger partial charge is 0.393 e. The Morgan fingerprint density at radius 2 is 2.00 bits per heavy atom. The van der Waals surface area contributed by atoms with E-state index in [1.165, 1.54) is 0 Å². The number of hydrogen-bond donors (Lipinski definition) is 1. The van der Waals surface area contributed by atoms with Crippen molar-refractivity contribution in [2.45, 2.75) is 39.3 Å². The van der Waals surface area contributed by atoms with Crippen LogP contribution in [0.1, 0.15) is 31.9 Å². The van der Waals surface area contributed by atoms with Crippen LogP contribution in [0.15, 0.2) is 29.4 Å². The van der Waals surface area contributed by atoms with Crippen molar-refractivity contribution in [1.29, 1.82) is 0 Å². The first-order valence-electron chi connectivity index (χ1n) is 6.03. The average molecular weight is 248 g/mol. The third kappa shape index (κ3) is 4.67. The Labute approximate surface area is 108 Å². The minimum Gasteiger partial charge on any atom is -0.393 e. The molecular weight excluding hydrogens is 228 g/mol. The molecule has 0 saturated carbocycles. The van der Waals surface area contributed by atoms with Crippen LogP contribution < -0.4 is 5.73 Å². The highest BCUT2D eigenvalue weighted by molar-refractivity contribution is 5.98. The summed E-state index contributed by atoms with van der Waals surface area (Å²) in [5.41, 5.74) is 8.44. The van der Waals surface area contributed by atoms with Gasteiger partial charge in [-0.2, -0.15) is 0 Å². The molecule has 0 aromatic heterocycles. The molecule has 0 saturated heterocycles. The smallest absolute Gasteiger partial charge is 0.137 e. The fourth-order valence-corrected chi connectivity index (χ4v) is 1.44. The summed E-state index contributed by atoms with van der Waals surface area (Å²) in [6.45, 7) is 5.76. The molecule has 1 unspecified atom stereocenters. The molecule has 0 aliphatic heterocycles. The lowest BCUT2D eigenvalue weighted by Gasteiger charge is -2.07. The Morgan fingerprint density at radius 3 is 2.50 bits per heavy atom. The van der Waals surface area contributed by atoms with Crippen LogP contribution in [-0.4, -0.2) is 24.1 Å². The fraction of sp³-hybridized carbons (Fsp3) is 0.429. The van der Waals surface area contributed by atoms with E-state index < -0.39 is 6.04 Å². The fourth-order valence-electron chi connectivity index (χ4n) is 1.44. The van der Waals surface area contributed by atoms with Crippen molar-refractivity contribution in [1.82, 2.24) is 0 Å². The van der Waals surface area contributed by atoms with Crippen LogP contribution in [-0.2, 0) is 16.1 Å². The van der Waals surface area contributed by atoms with Gasteiger partial charge in [-0.3, -0.25) is 0 Å². The third-order valence-corrected chi connectivity index (χ3v) is 2.42. The first-order chi connectivity index (χ1) is 8.52. The van der Waals surface area contributed by atoms with Crippen LogP contribution >= 0.6 is 0 Å². The van der Waals surface area contributed by atoms with Gasteiger partial charge in [0.05, 0.1) is 11.8 Å². The molecule has 4 nitrogen and oxygen atoms in total. The van der Waals surface area contributed by atoms with Gasteiger partial charge in [-0.15, -0.1) is 0 Å². The summed E-state index contributed by atoms with van der Waals surface area (Å²) in [5, 5.41) is 4.04. The van der Waals surface area contributed by atoms with Crippen LogP contribution in [0.3, 0.4) is 0 Å². The summed E-state index contributed by atoms with van der Waals surface area (Å²) >= 11 is 0. The second-order valence-electron chi connectivity index (χ2n) is 4.53. The van der Waals surface area contributed by atoms with Crippen LogP contribution in [0.5, 0.6) is 0 Å². The van der Waals surface area contributed by atoms with Crippen molar-refractivity contribution in [2.75, 3.05) is 0 Å². The average Bonchev–Trinajstić information content (AvgIpc) is 2.36. The highest BCUT2D eigenvalue weighted by Crippen LogP contribution is 2.08. The Kier molecular flexibility index (Phi) is 5.52. The van der Waals surface area contributed by atoms with E-state index in [9.17, 15) is 4.79 Å². The highest BCUT2D eigenvalue weighted by Gasteiger charge is 2.03. The van der Waals surface area contributed by atoms with E-state index in [2.05, 4.69) is 5.16 Å². The lowest BCUT2D eigenvalue weighted by Crippen LogP contribution is -2.24. The zero-order chi connectivity index (χ0) is 13.5. The number of nitrogens with two attached hydrogens (primary N) is 1. The maximum absolute atomic E-state index is 10.5. The number of rotatable bonds is 6. The van der Waals surface area contributed by atoms with Crippen molar-refractivity contribution in [3.63, 3.8) is 0 Å². The van der Waals surface area contributed by atoms with E-state index in [-0.39, 0.29) is 6.10 Å². The van der Waals surface area contributed by atoms with Gasteiger partial charge in [0.15, 0.2) is 0 Å². The lowest BCUT2D eigenvalue weighted by atomic mass is 10.0. The number of hydrogen-bond acceptors (Lipinski definition) is 4. The molecule has 4 heteroatoms. The van der Waals surface area contributed by atoms with Crippen LogP contribution in [0.25, 0.3) is 0 Å². The molecule has 0 heterocycles. The second-order valence-corrected chi connectivity index (χ2v) is 4.53. The zero-order valence-electron chi connectivity index (χ0n) is 11.1. The molecule has 18 heavy (non-hydrogen) atoms. The molecule has 0 amide bonds. The maximum atomic E-state index is 10.5. The molecule has 0 bridgehead atoms. The number of aldehydes is 1. The summed E-state index contributed by atoms with van der Waals surface area (Å²) in [7, 11) is 0. The topological polar surface area (TPSA) is 64.7 Å². The van der Waals surface area contributed by atoms with Gasteiger partial charge in [-0.1, -0.05) is 29.4 Å². The lowest BCUT2D eigenvalue weighted by molar-refractivity contribution is -0.108. The predicted octanol–water partition coefficient (Wildman–Crippen LogP) is 1.90. The SMILES string of the molecule is C/C(=N/OC(C)C)c1ccc(CC(N)C=O)cc1. The molecule has 0 radical (unpaired) electrons. The monoisotopic (exact) mass is 248 g/mol. The molecular formula is C14H20N2O2. The Balaban J connectivity index is 2.70. The number of carbonyl (C=O) groups excluding carboxylic acids is 1. The predicted molar refractivity (Wildman–Crippen MR) is 72.6 cm³/mol. The highest BCUT2D eigenvalue weighted by atomic mass is 16.6. The number of nitrogens with zero attached hydrogens (tertiary/aromatic N) is 1. The maximum Gasteiger partial charge on any atom is 0.137 e.